The van der Waals surface area contributed by atoms with Crippen LogP contribution in [0.15, 0.2) is 30.3 Å². The molecule has 0 aliphatic heterocycles. The molecule has 0 aliphatic carbocycles. The van der Waals surface area contributed by atoms with E-state index in [1.807, 2.05) is 37.3 Å². The van der Waals surface area contributed by atoms with Gasteiger partial charge in [-0.2, -0.15) is 0 Å². The molecule has 0 aromatic heterocycles. The number of amides is 1. The summed E-state index contributed by atoms with van der Waals surface area (Å²) in [6, 6.07) is 9.24. The van der Waals surface area contributed by atoms with E-state index in [1.165, 1.54) is 11.9 Å². The predicted octanol–water partition coefficient (Wildman–Crippen LogP) is 2.10. The van der Waals surface area contributed by atoms with Gasteiger partial charge in [-0.1, -0.05) is 43.7 Å². The second kappa shape index (κ2) is 14.0. The van der Waals surface area contributed by atoms with Gasteiger partial charge in [0, 0.05) is 13.5 Å². The Bertz CT molecular complexity index is 665. The number of rotatable bonds is 11. The Morgan fingerprint density at radius 2 is 1.59 bits per heavy atom. The lowest BCUT2D eigenvalue weighted by atomic mass is 10.2. The Balaban J connectivity index is 2.12. The fourth-order valence-corrected chi connectivity index (χ4v) is 2.10. The zero-order chi connectivity index (χ0) is 21.5. The lowest BCUT2D eigenvalue weighted by molar-refractivity contribution is -0.144. The van der Waals surface area contributed by atoms with Crippen molar-refractivity contribution < 1.29 is 28.6 Å². The number of unbranched alkanes of at least 4 members (excludes halogenated alkanes) is 1. The summed E-state index contributed by atoms with van der Waals surface area (Å²) in [6.07, 6.45) is 1.39. The van der Waals surface area contributed by atoms with Gasteiger partial charge >= 0.3 is 18.0 Å². The standard InChI is InChI=1S/C20H29N3O6/c1-3-4-11-28-18(25)15-23(2)19(21)22-20(26)29-13-8-12-27-17(24)14-16-9-6-5-7-10-16/h5-7,9-10H,3-4,8,11-15H2,1-2H3,(H2,21,22,26). The highest BCUT2D eigenvalue weighted by molar-refractivity contribution is 5.93. The van der Waals surface area contributed by atoms with E-state index in [0.717, 1.165) is 18.4 Å². The van der Waals surface area contributed by atoms with E-state index in [2.05, 4.69) is 5.32 Å². The van der Waals surface area contributed by atoms with Crippen LogP contribution in [-0.4, -0.2) is 62.3 Å². The van der Waals surface area contributed by atoms with Gasteiger partial charge in [0.25, 0.3) is 0 Å². The minimum absolute atomic E-state index is 0.0283. The summed E-state index contributed by atoms with van der Waals surface area (Å²) in [6.45, 7) is 2.32. The number of nitrogens with one attached hydrogen (secondary N) is 2. The number of alkyl carbamates (subject to hydrolysis) is 1. The maximum Gasteiger partial charge on any atom is 0.413 e. The van der Waals surface area contributed by atoms with E-state index in [1.54, 1.807) is 0 Å². The summed E-state index contributed by atoms with van der Waals surface area (Å²) in [5, 5.41) is 9.97. The van der Waals surface area contributed by atoms with Crippen molar-refractivity contribution >= 4 is 24.0 Å². The van der Waals surface area contributed by atoms with Crippen LogP contribution in [0.4, 0.5) is 4.79 Å². The number of hydrogen-bond donors (Lipinski definition) is 2. The van der Waals surface area contributed by atoms with Crippen LogP contribution in [0, 0.1) is 5.41 Å². The van der Waals surface area contributed by atoms with E-state index in [9.17, 15) is 14.4 Å². The molecule has 0 aliphatic rings. The van der Waals surface area contributed by atoms with Crippen molar-refractivity contribution in [2.45, 2.75) is 32.6 Å². The van der Waals surface area contributed by atoms with Gasteiger partial charge in [-0.25, -0.2) is 4.79 Å². The van der Waals surface area contributed by atoms with Crippen LogP contribution in [0.3, 0.4) is 0 Å². The highest BCUT2D eigenvalue weighted by Gasteiger charge is 2.14. The van der Waals surface area contributed by atoms with Gasteiger partial charge in [0.2, 0.25) is 5.96 Å². The zero-order valence-corrected chi connectivity index (χ0v) is 16.9. The molecule has 1 rings (SSSR count). The summed E-state index contributed by atoms with van der Waals surface area (Å²) in [5.74, 6) is -1.11. The molecule has 1 aromatic carbocycles. The topological polar surface area (TPSA) is 118 Å². The van der Waals surface area contributed by atoms with E-state index >= 15 is 0 Å². The van der Waals surface area contributed by atoms with Gasteiger partial charge in [-0.05, 0) is 12.0 Å². The molecule has 1 amide bonds. The Morgan fingerprint density at radius 3 is 2.28 bits per heavy atom. The predicted molar refractivity (Wildman–Crippen MR) is 106 cm³/mol. The molecule has 0 atom stereocenters. The quantitative estimate of drug-likeness (QED) is 0.190. The number of benzene rings is 1. The van der Waals surface area contributed by atoms with E-state index in [4.69, 9.17) is 19.6 Å². The summed E-state index contributed by atoms with van der Waals surface area (Å²) < 4.78 is 15.0. The van der Waals surface area contributed by atoms with Gasteiger partial charge in [-0.15, -0.1) is 0 Å². The second-order valence-electron chi connectivity index (χ2n) is 6.28. The molecule has 29 heavy (non-hydrogen) atoms. The molecular formula is C20H29N3O6. The van der Waals surface area contributed by atoms with Crippen LogP contribution in [-0.2, 0) is 30.2 Å². The smallest absolute Gasteiger partial charge is 0.413 e. The molecule has 1 aromatic rings. The van der Waals surface area contributed by atoms with E-state index in [-0.39, 0.29) is 38.1 Å². The van der Waals surface area contributed by atoms with E-state index in [0.29, 0.717) is 13.0 Å². The van der Waals surface area contributed by atoms with Crippen LogP contribution in [0.5, 0.6) is 0 Å². The molecule has 0 heterocycles. The Hall–Kier alpha value is -3.10. The Kier molecular flexibility index (Phi) is 11.5. The first-order valence-corrected chi connectivity index (χ1v) is 9.51. The maximum absolute atomic E-state index is 11.7. The van der Waals surface area contributed by atoms with Crippen molar-refractivity contribution in [3.05, 3.63) is 35.9 Å². The lowest BCUT2D eigenvalue weighted by Gasteiger charge is -2.19. The van der Waals surface area contributed by atoms with Crippen molar-refractivity contribution in [1.29, 1.82) is 5.41 Å². The number of hydrogen-bond acceptors (Lipinski definition) is 7. The van der Waals surface area contributed by atoms with Crippen molar-refractivity contribution in [3.8, 4) is 0 Å². The third kappa shape index (κ3) is 11.4. The highest BCUT2D eigenvalue weighted by Crippen LogP contribution is 2.01. The molecule has 0 bridgehead atoms. The molecule has 0 spiro atoms. The number of ether oxygens (including phenoxy) is 3. The van der Waals surface area contributed by atoms with Gasteiger partial charge in [0.15, 0.2) is 0 Å². The number of likely N-dealkylation sites (N-methyl/N-ethyl adjacent to an activating group) is 1. The lowest BCUT2D eigenvalue weighted by Crippen LogP contribution is -2.44. The third-order valence-electron chi connectivity index (χ3n) is 3.71. The summed E-state index contributed by atoms with van der Waals surface area (Å²) >= 11 is 0. The van der Waals surface area contributed by atoms with Crippen molar-refractivity contribution in [1.82, 2.24) is 10.2 Å². The molecule has 9 nitrogen and oxygen atoms in total. The molecule has 160 valence electrons. The molecule has 0 fully saturated rings. The van der Waals surface area contributed by atoms with Crippen molar-refractivity contribution in [2.24, 2.45) is 0 Å². The minimum Gasteiger partial charge on any atom is -0.465 e. The Labute approximate surface area is 170 Å². The average Bonchev–Trinajstić information content (AvgIpc) is 2.68. The molecule has 9 heteroatoms. The zero-order valence-electron chi connectivity index (χ0n) is 16.9. The first kappa shape index (κ1) is 23.9. The molecule has 0 unspecified atom stereocenters. The fourth-order valence-electron chi connectivity index (χ4n) is 2.10. The SMILES string of the molecule is CCCCOC(=O)CN(C)C(=N)NC(=O)OCCCOC(=O)Cc1ccccc1. The minimum atomic E-state index is -0.822. The number of carbonyl (C=O) groups excluding carboxylic acids is 3. The second-order valence-corrected chi connectivity index (χ2v) is 6.28. The maximum atomic E-state index is 11.7. The van der Waals surface area contributed by atoms with Crippen LogP contribution >= 0.6 is 0 Å². The van der Waals surface area contributed by atoms with Crippen molar-refractivity contribution in [2.75, 3.05) is 33.4 Å². The monoisotopic (exact) mass is 407 g/mol. The number of carbonyl (C=O) groups is 3. The molecule has 2 N–H and O–H groups in total. The van der Waals surface area contributed by atoms with Crippen LogP contribution in [0.25, 0.3) is 0 Å². The average molecular weight is 407 g/mol. The van der Waals surface area contributed by atoms with Crippen LogP contribution < -0.4 is 5.32 Å². The normalized spacial score (nSPS) is 10.0. The largest absolute Gasteiger partial charge is 0.465 e. The number of guanidine groups is 1. The van der Waals surface area contributed by atoms with Gasteiger partial charge < -0.3 is 19.1 Å². The third-order valence-corrected chi connectivity index (χ3v) is 3.71. The summed E-state index contributed by atoms with van der Waals surface area (Å²) in [4.78, 5) is 36.2. The van der Waals surface area contributed by atoms with Crippen LogP contribution in [0.1, 0.15) is 31.7 Å². The first-order valence-electron chi connectivity index (χ1n) is 9.51. The highest BCUT2D eigenvalue weighted by atomic mass is 16.6. The molecular weight excluding hydrogens is 378 g/mol. The van der Waals surface area contributed by atoms with Gasteiger partial charge in [0.1, 0.15) is 6.54 Å². The molecule has 0 radical (unpaired) electrons. The van der Waals surface area contributed by atoms with Gasteiger partial charge in [0.05, 0.1) is 26.2 Å². The van der Waals surface area contributed by atoms with Crippen LogP contribution in [0.2, 0.25) is 0 Å². The number of nitrogens with zero attached hydrogens (tertiary/aromatic N) is 1. The summed E-state index contributed by atoms with van der Waals surface area (Å²) in [7, 11) is 1.48. The van der Waals surface area contributed by atoms with Gasteiger partial charge in [-0.3, -0.25) is 20.3 Å². The fraction of sp³-hybridized carbons (Fsp3) is 0.500. The van der Waals surface area contributed by atoms with Crippen molar-refractivity contribution in [3.63, 3.8) is 0 Å². The summed E-state index contributed by atoms with van der Waals surface area (Å²) in [5.41, 5.74) is 0.866. The molecule has 0 saturated carbocycles. The first-order chi connectivity index (χ1) is 13.9. The molecule has 0 saturated heterocycles. The Morgan fingerprint density at radius 1 is 0.966 bits per heavy atom. The number of esters is 2. The van der Waals surface area contributed by atoms with E-state index < -0.39 is 12.1 Å².